The molecule has 0 spiro atoms. The second-order valence-electron chi connectivity index (χ2n) is 6.99. The number of H-pyrrole nitrogens is 1. The van der Waals surface area contributed by atoms with Gasteiger partial charge < -0.3 is 25.0 Å². The van der Waals surface area contributed by atoms with E-state index in [-0.39, 0.29) is 45.3 Å². The number of aromatic amines is 1. The molecule has 3 rings (SSSR count). The number of ether oxygens (including phenoxy) is 1. The Bertz CT molecular complexity index is 941. The molecule has 3 N–H and O–H groups in total. The van der Waals surface area contributed by atoms with Crippen molar-refractivity contribution in [3.63, 3.8) is 0 Å². The first-order valence-corrected chi connectivity index (χ1v) is 10.7. The molecule has 3 heterocycles. The van der Waals surface area contributed by atoms with Gasteiger partial charge in [0.2, 0.25) is 0 Å². The van der Waals surface area contributed by atoms with Crippen LogP contribution in [0.2, 0.25) is 5.15 Å². The van der Waals surface area contributed by atoms with Crippen molar-refractivity contribution < 1.29 is 24.2 Å². The van der Waals surface area contributed by atoms with E-state index in [1.165, 1.54) is 6.92 Å². The van der Waals surface area contributed by atoms with Crippen LogP contribution in [0.25, 0.3) is 0 Å². The van der Waals surface area contributed by atoms with Crippen LogP contribution in [0.5, 0.6) is 0 Å². The number of Topliss-reactive ketones (excluding diaryl/α,β-unsaturated/α-hetero) is 1. The van der Waals surface area contributed by atoms with Crippen LogP contribution in [-0.2, 0) is 11.2 Å². The van der Waals surface area contributed by atoms with Gasteiger partial charge in [-0.15, -0.1) is 11.3 Å². The highest BCUT2D eigenvalue weighted by molar-refractivity contribution is 7.18. The lowest BCUT2D eigenvalue weighted by Crippen LogP contribution is -2.55. The first-order valence-electron chi connectivity index (χ1n) is 9.46. The number of carboxylic acids is 1. The van der Waals surface area contributed by atoms with Crippen LogP contribution in [0.4, 0.5) is 5.00 Å². The van der Waals surface area contributed by atoms with Crippen LogP contribution in [0.15, 0.2) is 6.07 Å². The van der Waals surface area contributed by atoms with Gasteiger partial charge in [0.05, 0.1) is 22.8 Å². The number of carbonyl (C=O) groups excluding carboxylic acids is 2. The lowest BCUT2D eigenvalue weighted by atomic mass is 10.0. The van der Waals surface area contributed by atoms with Crippen LogP contribution in [-0.4, -0.2) is 65.1 Å². The Morgan fingerprint density at radius 3 is 2.73 bits per heavy atom. The van der Waals surface area contributed by atoms with Crippen molar-refractivity contribution in [3.8, 4) is 0 Å². The topological polar surface area (TPSA) is 125 Å². The van der Waals surface area contributed by atoms with Gasteiger partial charge in [-0.25, -0.2) is 9.78 Å². The Balaban J connectivity index is 1.72. The van der Waals surface area contributed by atoms with Gasteiger partial charge in [0.15, 0.2) is 16.8 Å². The van der Waals surface area contributed by atoms with Crippen molar-refractivity contribution in [1.82, 2.24) is 15.3 Å². The summed E-state index contributed by atoms with van der Waals surface area (Å²) in [6, 6.07) is 1.36. The molecule has 0 bridgehead atoms. The number of ketones is 1. The third-order valence-electron chi connectivity index (χ3n) is 5.08. The number of hydrogen-bond donors (Lipinski definition) is 3. The zero-order valence-electron chi connectivity index (χ0n) is 16.8. The average Bonchev–Trinajstić information content (AvgIpc) is 3.32. The van der Waals surface area contributed by atoms with E-state index in [4.69, 9.17) is 16.3 Å². The molecule has 0 aromatic carbocycles. The summed E-state index contributed by atoms with van der Waals surface area (Å²) in [5, 5.41) is 13.3. The maximum atomic E-state index is 12.6. The quantitative estimate of drug-likeness (QED) is 0.549. The number of imidazole rings is 1. The SMILES string of the molecule is CCc1[nH]c(C(=O)N[C@@H]2CCN(c3cc(C(C)=O)c(C(=O)O)s3)C[C@@H]2OC)nc1Cl. The highest BCUT2D eigenvalue weighted by atomic mass is 35.5. The second-order valence-corrected chi connectivity index (χ2v) is 8.37. The molecular formula is C19H23ClN4O5S. The number of halogens is 1. The molecule has 1 saturated heterocycles. The number of piperidine rings is 1. The fourth-order valence-electron chi connectivity index (χ4n) is 3.44. The Hall–Kier alpha value is -2.43. The summed E-state index contributed by atoms with van der Waals surface area (Å²) >= 11 is 7.08. The molecule has 2 aromatic rings. The Labute approximate surface area is 182 Å². The molecular weight excluding hydrogens is 432 g/mol. The third-order valence-corrected chi connectivity index (χ3v) is 6.58. The number of nitrogens with one attached hydrogen (secondary N) is 2. The lowest BCUT2D eigenvalue weighted by molar-refractivity contribution is 0.0539. The van der Waals surface area contributed by atoms with Gasteiger partial charge in [0.25, 0.3) is 5.91 Å². The number of aromatic nitrogens is 2. The summed E-state index contributed by atoms with van der Waals surface area (Å²) in [7, 11) is 1.56. The molecule has 30 heavy (non-hydrogen) atoms. The normalized spacial score (nSPS) is 19.0. The zero-order valence-corrected chi connectivity index (χ0v) is 18.4. The second kappa shape index (κ2) is 9.15. The van der Waals surface area contributed by atoms with Gasteiger partial charge in [-0.1, -0.05) is 18.5 Å². The number of rotatable bonds is 7. The molecule has 9 nitrogen and oxygen atoms in total. The predicted molar refractivity (Wildman–Crippen MR) is 113 cm³/mol. The minimum Gasteiger partial charge on any atom is -0.477 e. The fraction of sp³-hybridized carbons (Fsp3) is 0.474. The minimum absolute atomic E-state index is 0.0309. The van der Waals surface area contributed by atoms with E-state index in [0.717, 1.165) is 11.3 Å². The lowest BCUT2D eigenvalue weighted by Gasteiger charge is -2.38. The van der Waals surface area contributed by atoms with Gasteiger partial charge in [0.1, 0.15) is 4.88 Å². The van der Waals surface area contributed by atoms with Gasteiger partial charge in [-0.2, -0.15) is 0 Å². The van der Waals surface area contributed by atoms with Crippen molar-refractivity contribution in [2.45, 2.75) is 38.8 Å². The molecule has 0 aliphatic carbocycles. The standard InChI is InChI=1S/C19H23ClN4O5S/c1-4-11-16(20)23-17(21-11)18(26)22-12-5-6-24(8-13(12)29-3)14-7-10(9(2)25)15(30-14)19(27)28/h7,12-13H,4-6,8H2,1-3H3,(H,21,23)(H,22,26)(H,27,28)/t12-,13+/m1/s1. The van der Waals surface area contributed by atoms with Crippen molar-refractivity contribution >= 4 is 45.6 Å². The van der Waals surface area contributed by atoms with E-state index in [1.807, 2.05) is 11.8 Å². The summed E-state index contributed by atoms with van der Waals surface area (Å²) in [5.74, 6) is -1.61. The van der Waals surface area contributed by atoms with Crippen LogP contribution in [0.3, 0.4) is 0 Å². The van der Waals surface area contributed by atoms with Crippen LogP contribution < -0.4 is 10.2 Å². The number of aryl methyl sites for hydroxylation is 1. The number of carbonyl (C=O) groups is 3. The number of anilines is 1. The van der Waals surface area contributed by atoms with Gasteiger partial charge in [0, 0.05) is 25.8 Å². The first kappa shape index (κ1) is 22.3. The largest absolute Gasteiger partial charge is 0.477 e. The molecule has 0 unspecified atom stereocenters. The van der Waals surface area contributed by atoms with Crippen molar-refractivity contribution in [2.24, 2.45) is 0 Å². The summed E-state index contributed by atoms with van der Waals surface area (Å²) < 4.78 is 5.58. The zero-order chi connectivity index (χ0) is 22.0. The van der Waals surface area contributed by atoms with Gasteiger partial charge in [-0.3, -0.25) is 9.59 Å². The third kappa shape index (κ3) is 4.50. The van der Waals surface area contributed by atoms with Crippen LogP contribution >= 0.6 is 22.9 Å². The number of nitrogens with zero attached hydrogens (tertiary/aromatic N) is 2. The molecule has 0 saturated carbocycles. The van der Waals surface area contributed by atoms with Crippen molar-refractivity contribution in [3.05, 3.63) is 33.2 Å². The Morgan fingerprint density at radius 1 is 1.47 bits per heavy atom. The molecule has 11 heteroatoms. The van der Waals surface area contributed by atoms with Gasteiger partial charge >= 0.3 is 5.97 Å². The molecule has 2 atom stereocenters. The highest BCUT2D eigenvalue weighted by Gasteiger charge is 2.33. The number of methoxy groups -OCH3 is 1. The summed E-state index contributed by atoms with van der Waals surface area (Å²) in [4.78, 5) is 44.8. The number of thiophene rings is 1. The molecule has 1 amide bonds. The van der Waals surface area contributed by atoms with E-state index < -0.39 is 5.97 Å². The summed E-state index contributed by atoms with van der Waals surface area (Å²) in [5.41, 5.74) is 0.904. The Kier molecular flexibility index (Phi) is 6.79. The number of amides is 1. The summed E-state index contributed by atoms with van der Waals surface area (Å²) in [6.07, 6.45) is 0.893. The average molecular weight is 455 g/mol. The predicted octanol–water partition coefficient (Wildman–Crippen LogP) is 2.61. The number of carboxylic acid groups (broad SMARTS) is 1. The maximum Gasteiger partial charge on any atom is 0.346 e. The van der Waals surface area contributed by atoms with E-state index in [1.54, 1.807) is 13.2 Å². The van der Waals surface area contributed by atoms with Crippen molar-refractivity contribution in [2.75, 3.05) is 25.1 Å². The molecule has 1 aliphatic heterocycles. The van der Waals surface area contributed by atoms with E-state index >= 15 is 0 Å². The first-order chi connectivity index (χ1) is 14.2. The monoisotopic (exact) mass is 454 g/mol. The molecule has 0 radical (unpaired) electrons. The molecule has 162 valence electrons. The smallest absolute Gasteiger partial charge is 0.346 e. The van der Waals surface area contributed by atoms with Crippen LogP contribution in [0, 0.1) is 0 Å². The fourth-order valence-corrected chi connectivity index (χ4v) is 4.79. The molecule has 1 fully saturated rings. The highest BCUT2D eigenvalue weighted by Crippen LogP contribution is 2.33. The van der Waals surface area contributed by atoms with E-state index in [0.29, 0.717) is 36.6 Å². The number of hydrogen-bond acceptors (Lipinski definition) is 7. The minimum atomic E-state index is -1.12. The maximum absolute atomic E-state index is 12.6. The van der Waals surface area contributed by atoms with Crippen LogP contribution in [0.1, 0.15) is 56.6 Å². The number of aromatic carboxylic acids is 1. The molecule has 1 aliphatic rings. The van der Waals surface area contributed by atoms with E-state index in [9.17, 15) is 19.5 Å². The Morgan fingerprint density at radius 2 is 2.20 bits per heavy atom. The molecule has 2 aromatic heterocycles. The van der Waals surface area contributed by atoms with Gasteiger partial charge in [-0.05, 0) is 25.8 Å². The van der Waals surface area contributed by atoms with E-state index in [2.05, 4.69) is 15.3 Å². The van der Waals surface area contributed by atoms with Crippen molar-refractivity contribution in [1.29, 1.82) is 0 Å². The summed E-state index contributed by atoms with van der Waals surface area (Å²) in [6.45, 7) is 4.27.